The molecule has 0 aliphatic rings. The summed E-state index contributed by atoms with van der Waals surface area (Å²) in [6.07, 6.45) is 2.84. The van der Waals surface area contributed by atoms with E-state index in [1.54, 1.807) is 44.2 Å². The fourth-order valence-corrected chi connectivity index (χ4v) is 2.44. The third-order valence-corrected chi connectivity index (χ3v) is 3.83. The maximum Gasteiger partial charge on any atom is 0.241 e. The van der Waals surface area contributed by atoms with Gasteiger partial charge in [0.2, 0.25) is 5.91 Å². The van der Waals surface area contributed by atoms with Crippen molar-refractivity contribution in [3.05, 3.63) is 18.2 Å². The largest absolute Gasteiger partial charge is 0.497 e. The number of methoxy groups -OCH3 is 2. The van der Waals surface area contributed by atoms with Gasteiger partial charge in [-0.05, 0) is 44.7 Å². The van der Waals surface area contributed by atoms with Gasteiger partial charge in [-0.1, -0.05) is 0 Å². The highest BCUT2D eigenvalue weighted by molar-refractivity contribution is 7.98. The minimum absolute atomic E-state index is 0.0411. The van der Waals surface area contributed by atoms with E-state index in [4.69, 9.17) is 9.47 Å². The van der Waals surface area contributed by atoms with Crippen LogP contribution in [-0.4, -0.2) is 57.2 Å². The third-order valence-electron chi connectivity index (χ3n) is 3.19. The molecule has 5 nitrogen and oxygen atoms in total. The molecule has 21 heavy (non-hydrogen) atoms. The Morgan fingerprint density at radius 3 is 2.57 bits per heavy atom. The van der Waals surface area contributed by atoms with Gasteiger partial charge in [0.1, 0.15) is 11.5 Å². The SMILES string of the molecule is COc1ccc(OC)c(NC(=O)C(CCSC)N(C)C)c1. The van der Waals surface area contributed by atoms with Crippen LogP contribution in [0.15, 0.2) is 18.2 Å². The van der Waals surface area contributed by atoms with E-state index >= 15 is 0 Å². The van der Waals surface area contributed by atoms with Gasteiger partial charge in [-0.2, -0.15) is 11.8 Å². The molecule has 0 aliphatic carbocycles. The van der Waals surface area contributed by atoms with Crippen molar-refractivity contribution in [2.45, 2.75) is 12.5 Å². The zero-order valence-corrected chi connectivity index (χ0v) is 14.1. The number of rotatable bonds is 8. The zero-order valence-electron chi connectivity index (χ0n) is 13.3. The standard InChI is InChI=1S/C15H24N2O3S/c1-17(2)13(8-9-21-5)15(18)16-12-10-11(19-3)6-7-14(12)20-4/h6-7,10,13H,8-9H2,1-5H3,(H,16,18). The summed E-state index contributed by atoms with van der Waals surface area (Å²) in [6.45, 7) is 0. The van der Waals surface area contributed by atoms with Crippen LogP contribution in [0.25, 0.3) is 0 Å². The first kappa shape index (κ1) is 17.7. The Kier molecular flexibility index (Phi) is 7.39. The van der Waals surface area contributed by atoms with E-state index < -0.39 is 0 Å². The van der Waals surface area contributed by atoms with E-state index in [0.717, 1.165) is 12.2 Å². The van der Waals surface area contributed by atoms with Crippen LogP contribution in [0.2, 0.25) is 0 Å². The monoisotopic (exact) mass is 312 g/mol. The predicted molar refractivity (Wildman–Crippen MR) is 88.6 cm³/mol. The van der Waals surface area contributed by atoms with Gasteiger partial charge < -0.3 is 14.8 Å². The topological polar surface area (TPSA) is 50.8 Å². The summed E-state index contributed by atoms with van der Waals surface area (Å²) in [5.74, 6) is 2.19. The van der Waals surface area contributed by atoms with E-state index in [2.05, 4.69) is 5.32 Å². The number of ether oxygens (including phenoxy) is 2. The molecular formula is C15H24N2O3S. The number of thioether (sulfide) groups is 1. The zero-order chi connectivity index (χ0) is 15.8. The average molecular weight is 312 g/mol. The summed E-state index contributed by atoms with van der Waals surface area (Å²) in [5.41, 5.74) is 0.623. The van der Waals surface area contributed by atoms with Crippen molar-refractivity contribution in [2.24, 2.45) is 0 Å². The molecule has 1 unspecified atom stereocenters. The van der Waals surface area contributed by atoms with E-state index in [-0.39, 0.29) is 11.9 Å². The highest BCUT2D eigenvalue weighted by atomic mass is 32.2. The Morgan fingerprint density at radius 1 is 1.33 bits per heavy atom. The molecule has 1 amide bonds. The van der Waals surface area contributed by atoms with E-state index in [9.17, 15) is 4.79 Å². The molecule has 0 saturated carbocycles. The molecule has 6 heteroatoms. The molecule has 1 N–H and O–H groups in total. The summed E-state index contributed by atoms with van der Waals surface area (Å²) >= 11 is 1.73. The molecule has 0 spiro atoms. The molecule has 0 bridgehead atoms. The van der Waals surface area contributed by atoms with Crippen LogP contribution in [0.4, 0.5) is 5.69 Å². The van der Waals surface area contributed by atoms with Crippen molar-refractivity contribution in [1.82, 2.24) is 4.90 Å². The summed E-state index contributed by atoms with van der Waals surface area (Å²) < 4.78 is 10.5. The number of hydrogen-bond donors (Lipinski definition) is 1. The van der Waals surface area contributed by atoms with Gasteiger partial charge in [0.15, 0.2) is 0 Å². The summed E-state index contributed by atoms with van der Waals surface area (Å²) in [6, 6.07) is 5.17. The fraction of sp³-hybridized carbons (Fsp3) is 0.533. The molecule has 0 aliphatic heterocycles. The minimum Gasteiger partial charge on any atom is -0.497 e. The van der Waals surface area contributed by atoms with Crippen molar-refractivity contribution in [2.75, 3.05) is 45.6 Å². The van der Waals surface area contributed by atoms with Crippen molar-refractivity contribution in [3.8, 4) is 11.5 Å². The molecular weight excluding hydrogens is 288 g/mol. The highest BCUT2D eigenvalue weighted by Crippen LogP contribution is 2.29. The van der Waals surface area contributed by atoms with Crippen LogP contribution in [0.3, 0.4) is 0 Å². The Balaban J connectivity index is 2.89. The van der Waals surface area contributed by atoms with Gasteiger partial charge >= 0.3 is 0 Å². The molecule has 1 rings (SSSR count). The number of amides is 1. The van der Waals surface area contributed by atoms with Crippen LogP contribution in [0.1, 0.15) is 6.42 Å². The lowest BCUT2D eigenvalue weighted by molar-refractivity contribution is -0.120. The number of carbonyl (C=O) groups excluding carboxylic acids is 1. The van der Waals surface area contributed by atoms with Gasteiger partial charge in [-0.15, -0.1) is 0 Å². The minimum atomic E-state index is -0.173. The molecule has 118 valence electrons. The first-order valence-corrected chi connectivity index (χ1v) is 8.11. The van der Waals surface area contributed by atoms with Crippen LogP contribution < -0.4 is 14.8 Å². The average Bonchev–Trinajstić information content (AvgIpc) is 2.47. The van der Waals surface area contributed by atoms with Gasteiger partial charge in [0.25, 0.3) is 0 Å². The molecule has 0 radical (unpaired) electrons. The fourth-order valence-electron chi connectivity index (χ4n) is 1.98. The van der Waals surface area contributed by atoms with Crippen LogP contribution in [0.5, 0.6) is 11.5 Å². The maximum absolute atomic E-state index is 12.5. The smallest absolute Gasteiger partial charge is 0.241 e. The molecule has 1 aromatic carbocycles. The normalized spacial score (nSPS) is 12.1. The molecule has 0 fully saturated rings. The number of hydrogen-bond acceptors (Lipinski definition) is 5. The predicted octanol–water partition coefficient (Wildman–Crippen LogP) is 2.33. The second kappa shape index (κ2) is 8.79. The Bertz CT molecular complexity index is 466. The summed E-state index contributed by atoms with van der Waals surface area (Å²) in [4.78, 5) is 14.4. The van der Waals surface area contributed by atoms with Gasteiger partial charge in [-0.3, -0.25) is 9.69 Å². The number of carbonyl (C=O) groups is 1. The first-order valence-electron chi connectivity index (χ1n) is 6.71. The van der Waals surface area contributed by atoms with Crippen molar-refractivity contribution in [1.29, 1.82) is 0 Å². The number of benzene rings is 1. The summed E-state index contributed by atoms with van der Waals surface area (Å²) in [5, 5.41) is 2.93. The van der Waals surface area contributed by atoms with Crippen LogP contribution in [0, 0.1) is 0 Å². The lowest BCUT2D eigenvalue weighted by Crippen LogP contribution is -2.40. The van der Waals surface area contributed by atoms with E-state index in [0.29, 0.717) is 17.2 Å². The van der Waals surface area contributed by atoms with Gasteiger partial charge in [0.05, 0.1) is 25.9 Å². The van der Waals surface area contributed by atoms with Crippen LogP contribution in [-0.2, 0) is 4.79 Å². The second-order valence-electron chi connectivity index (χ2n) is 4.82. The number of anilines is 1. The second-order valence-corrected chi connectivity index (χ2v) is 5.80. The Hall–Kier alpha value is -1.40. The third kappa shape index (κ3) is 5.13. The van der Waals surface area contributed by atoms with Gasteiger partial charge in [0, 0.05) is 6.07 Å². The molecule has 1 aromatic rings. The first-order chi connectivity index (χ1) is 10.0. The highest BCUT2D eigenvalue weighted by Gasteiger charge is 2.21. The van der Waals surface area contributed by atoms with Crippen molar-refractivity contribution >= 4 is 23.4 Å². The number of nitrogens with one attached hydrogen (secondary N) is 1. The number of likely N-dealkylation sites (N-methyl/N-ethyl adjacent to an activating group) is 1. The quantitative estimate of drug-likeness (QED) is 0.798. The van der Waals surface area contributed by atoms with E-state index in [1.165, 1.54) is 0 Å². The summed E-state index contributed by atoms with van der Waals surface area (Å²) in [7, 11) is 6.99. The van der Waals surface area contributed by atoms with Gasteiger partial charge in [-0.25, -0.2) is 0 Å². The lowest BCUT2D eigenvalue weighted by atomic mass is 10.2. The Labute approximate surface area is 131 Å². The molecule has 0 aromatic heterocycles. The maximum atomic E-state index is 12.5. The van der Waals surface area contributed by atoms with Crippen molar-refractivity contribution < 1.29 is 14.3 Å². The number of nitrogens with zero attached hydrogens (tertiary/aromatic N) is 1. The molecule has 0 heterocycles. The lowest BCUT2D eigenvalue weighted by Gasteiger charge is -2.23. The molecule has 1 atom stereocenters. The Morgan fingerprint density at radius 2 is 2.05 bits per heavy atom. The molecule has 0 saturated heterocycles. The van der Waals surface area contributed by atoms with Crippen LogP contribution >= 0.6 is 11.8 Å². The van der Waals surface area contributed by atoms with Crippen molar-refractivity contribution in [3.63, 3.8) is 0 Å². The van der Waals surface area contributed by atoms with E-state index in [1.807, 2.05) is 25.3 Å².